The van der Waals surface area contributed by atoms with Gasteiger partial charge in [0.25, 0.3) is 0 Å². The van der Waals surface area contributed by atoms with E-state index in [0.717, 1.165) is 0 Å². The van der Waals surface area contributed by atoms with E-state index in [2.05, 4.69) is 0 Å². The van der Waals surface area contributed by atoms with Gasteiger partial charge in [0, 0.05) is 6.04 Å². The molecule has 12 heavy (non-hydrogen) atoms. The van der Waals surface area contributed by atoms with Crippen molar-refractivity contribution >= 4 is 5.97 Å². The summed E-state index contributed by atoms with van der Waals surface area (Å²) in [5.41, 5.74) is 5.76. The Morgan fingerprint density at radius 3 is 3.00 bits per heavy atom. The Balaban J connectivity index is 2.88. The summed E-state index contributed by atoms with van der Waals surface area (Å²) in [5.74, 6) is -0.628. The molecule has 3 N–H and O–H groups in total. The molecular weight excluding hydrogens is 158 g/mol. The van der Waals surface area contributed by atoms with Gasteiger partial charge in [-0.15, -0.1) is 0 Å². The van der Waals surface area contributed by atoms with Gasteiger partial charge in [-0.2, -0.15) is 0 Å². The van der Waals surface area contributed by atoms with Crippen molar-refractivity contribution < 1.29 is 14.6 Å². The van der Waals surface area contributed by atoms with E-state index in [0.29, 0.717) is 12.2 Å². The van der Waals surface area contributed by atoms with E-state index in [1.807, 2.05) is 0 Å². The van der Waals surface area contributed by atoms with Gasteiger partial charge in [0.15, 0.2) is 0 Å². The van der Waals surface area contributed by atoms with Crippen LogP contribution in [-0.4, -0.2) is 24.2 Å². The maximum Gasteiger partial charge on any atom is 0.339 e. The first-order valence-corrected chi connectivity index (χ1v) is 3.60. The van der Waals surface area contributed by atoms with Crippen LogP contribution in [0.25, 0.3) is 0 Å². The van der Waals surface area contributed by atoms with Crippen LogP contribution in [0.3, 0.4) is 0 Å². The predicted molar refractivity (Wildman–Crippen MR) is 43.4 cm³/mol. The van der Waals surface area contributed by atoms with E-state index in [-0.39, 0.29) is 11.6 Å². The molecule has 0 radical (unpaired) electrons. The second-order valence-corrected chi connectivity index (χ2v) is 2.56. The lowest BCUT2D eigenvalue weighted by atomic mass is 10.0. The summed E-state index contributed by atoms with van der Waals surface area (Å²) in [5, 5.41) is 8.70. The Kier molecular flexibility index (Phi) is 2.50. The largest absolute Gasteiger partial charge is 0.496 e. The van der Waals surface area contributed by atoms with Crippen molar-refractivity contribution in [3.8, 4) is 0 Å². The lowest BCUT2D eigenvalue weighted by Gasteiger charge is -2.15. The third kappa shape index (κ3) is 1.65. The topological polar surface area (TPSA) is 72.5 Å². The van der Waals surface area contributed by atoms with E-state index < -0.39 is 5.97 Å². The molecule has 1 aliphatic rings. The second kappa shape index (κ2) is 3.40. The summed E-state index contributed by atoms with van der Waals surface area (Å²) in [6, 6.07) is -0.136. The first-order valence-electron chi connectivity index (χ1n) is 3.60. The van der Waals surface area contributed by atoms with Gasteiger partial charge >= 0.3 is 5.97 Å². The van der Waals surface area contributed by atoms with Crippen LogP contribution in [0.15, 0.2) is 23.5 Å². The molecule has 0 aromatic carbocycles. The Labute approximate surface area is 70.3 Å². The van der Waals surface area contributed by atoms with Gasteiger partial charge in [0.2, 0.25) is 0 Å². The van der Waals surface area contributed by atoms with E-state index in [1.54, 1.807) is 12.2 Å². The average Bonchev–Trinajstić information content (AvgIpc) is 2.03. The molecule has 0 aliphatic heterocycles. The third-order valence-corrected chi connectivity index (χ3v) is 1.68. The number of nitrogens with two attached hydrogens (primary N) is 1. The number of methoxy groups -OCH3 is 1. The number of aliphatic carboxylic acids is 1. The molecule has 0 amide bonds. The molecule has 66 valence electrons. The van der Waals surface area contributed by atoms with Crippen LogP contribution in [0, 0.1) is 0 Å². The lowest BCUT2D eigenvalue weighted by molar-refractivity contribution is -0.132. The zero-order chi connectivity index (χ0) is 9.14. The zero-order valence-corrected chi connectivity index (χ0v) is 6.78. The van der Waals surface area contributed by atoms with Gasteiger partial charge in [-0.3, -0.25) is 0 Å². The monoisotopic (exact) mass is 169 g/mol. The molecule has 1 rings (SSSR count). The Morgan fingerprint density at radius 2 is 2.50 bits per heavy atom. The van der Waals surface area contributed by atoms with Gasteiger partial charge in [0.1, 0.15) is 5.76 Å². The molecule has 0 saturated heterocycles. The molecule has 1 atom stereocenters. The Morgan fingerprint density at radius 1 is 1.83 bits per heavy atom. The molecule has 0 bridgehead atoms. The highest BCUT2D eigenvalue weighted by Gasteiger charge is 2.18. The highest BCUT2D eigenvalue weighted by molar-refractivity contribution is 5.91. The van der Waals surface area contributed by atoms with Crippen LogP contribution in [0.2, 0.25) is 0 Å². The molecule has 0 spiro atoms. The fourth-order valence-corrected chi connectivity index (χ4v) is 1.08. The van der Waals surface area contributed by atoms with E-state index in [4.69, 9.17) is 15.6 Å². The quantitative estimate of drug-likeness (QED) is 0.621. The van der Waals surface area contributed by atoms with Crippen LogP contribution in [0.1, 0.15) is 6.42 Å². The van der Waals surface area contributed by atoms with Crippen LogP contribution in [0.5, 0.6) is 0 Å². The summed E-state index contributed by atoms with van der Waals surface area (Å²) in [6.07, 6.45) is 3.74. The van der Waals surface area contributed by atoms with Crippen molar-refractivity contribution in [1.29, 1.82) is 0 Å². The molecule has 1 aliphatic carbocycles. The summed E-state index contributed by atoms with van der Waals surface area (Å²) in [6.45, 7) is 0. The molecule has 0 fully saturated rings. The van der Waals surface area contributed by atoms with E-state index in [9.17, 15) is 4.79 Å². The predicted octanol–water partition coefficient (Wildman–Crippen LogP) is 0.259. The summed E-state index contributed by atoms with van der Waals surface area (Å²) >= 11 is 0. The smallest absolute Gasteiger partial charge is 0.339 e. The second-order valence-electron chi connectivity index (χ2n) is 2.56. The Hall–Kier alpha value is -1.29. The first-order chi connectivity index (χ1) is 5.65. The zero-order valence-electron chi connectivity index (χ0n) is 6.78. The molecule has 0 aromatic heterocycles. The number of hydrogen-bond acceptors (Lipinski definition) is 3. The number of carboxylic acids is 1. The maximum atomic E-state index is 10.6. The SMILES string of the molecule is COC1=CC(N)CC=C1C(=O)O. The van der Waals surface area contributed by atoms with Crippen LogP contribution < -0.4 is 5.73 Å². The molecule has 4 heteroatoms. The van der Waals surface area contributed by atoms with Gasteiger partial charge < -0.3 is 15.6 Å². The third-order valence-electron chi connectivity index (χ3n) is 1.68. The maximum absolute atomic E-state index is 10.6. The van der Waals surface area contributed by atoms with Crippen LogP contribution in [0.4, 0.5) is 0 Å². The molecule has 1 unspecified atom stereocenters. The van der Waals surface area contributed by atoms with E-state index >= 15 is 0 Å². The van der Waals surface area contributed by atoms with Gasteiger partial charge in [0.05, 0.1) is 12.7 Å². The fraction of sp³-hybridized carbons (Fsp3) is 0.375. The lowest BCUT2D eigenvalue weighted by Crippen LogP contribution is -2.22. The van der Waals surface area contributed by atoms with Crippen molar-refractivity contribution in [3.05, 3.63) is 23.5 Å². The minimum absolute atomic E-state index is 0.136. The number of rotatable bonds is 2. The van der Waals surface area contributed by atoms with Gasteiger partial charge in [-0.05, 0) is 12.5 Å². The first kappa shape index (κ1) is 8.80. The van der Waals surface area contributed by atoms with Crippen molar-refractivity contribution in [1.82, 2.24) is 0 Å². The minimum Gasteiger partial charge on any atom is -0.496 e. The van der Waals surface area contributed by atoms with Crippen molar-refractivity contribution in [2.45, 2.75) is 12.5 Å². The molecular formula is C8H11NO3. The molecule has 4 nitrogen and oxygen atoms in total. The van der Waals surface area contributed by atoms with Crippen molar-refractivity contribution in [2.75, 3.05) is 7.11 Å². The summed E-state index contributed by atoms with van der Waals surface area (Å²) in [4.78, 5) is 10.6. The number of ether oxygens (including phenoxy) is 1. The highest BCUT2D eigenvalue weighted by Crippen LogP contribution is 2.18. The fourth-order valence-electron chi connectivity index (χ4n) is 1.08. The standard InChI is InChI=1S/C8H11NO3/c1-12-7-4-5(9)2-3-6(7)8(10)11/h3-5H,2,9H2,1H3,(H,10,11). The van der Waals surface area contributed by atoms with E-state index in [1.165, 1.54) is 7.11 Å². The van der Waals surface area contributed by atoms with Crippen molar-refractivity contribution in [2.24, 2.45) is 5.73 Å². The van der Waals surface area contributed by atoms with Crippen LogP contribution in [-0.2, 0) is 9.53 Å². The number of hydrogen-bond donors (Lipinski definition) is 2. The normalized spacial score (nSPS) is 22.7. The van der Waals surface area contributed by atoms with Gasteiger partial charge in [-0.25, -0.2) is 4.79 Å². The summed E-state index contributed by atoms with van der Waals surface area (Å²) < 4.78 is 4.87. The van der Waals surface area contributed by atoms with Gasteiger partial charge in [-0.1, -0.05) is 6.08 Å². The molecule has 0 saturated carbocycles. The highest BCUT2D eigenvalue weighted by atomic mass is 16.5. The minimum atomic E-state index is -0.977. The Bertz CT molecular complexity index is 255. The molecule has 0 heterocycles. The molecule has 0 aromatic rings. The van der Waals surface area contributed by atoms with Crippen molar-refractivity contribution in [3.63, 3.8) is 0 Å². The van der Waals surface area contributed by atoms with Crippen LogP contribution >= 0.6 is 0 Å². The number of carboxylic acid groups (broad SMARTS) is 1. The number of carbonyl (C=O) groups is 1. The summed E-state index contributed by atoms with van der Waals surface area (Å²) in [7, 11) is 1.43. The average molecular weight is 169 g/mol.